The molecule has 0 saturated carbocycles. The molecule has 1 aromatic carbocycles. The van der Waals surface area contributed by atoms with Gasteiger partial charge in [-0.15, -0.1) is 5.10 Å². The fraction of sp³-hybridized carbons (Fsp3) is 0.500. The number of piperidine rings is 1. The molecular weight excluding hydrogens is 458 g/mol. The second-order valence-electron chi connectivity index (χ2n) is 8.26. The van der Waals surface area contributed by atoms with E-state index in [2.05, 4.69) is 10.3 Å². The summed E-state index contributed by atoms with van der Waals surface area (Å²) >= 11 is 0. The number of ketones is 1. The summed E-state index contributed by atoms with van der Waals surface area (Å²) in [5, 5.41) is 7.59. The van der Waals surface area contributed by atoms with E-state index in [-0.39, 0.29) is 29.7 Å². The quantitative estimate of drug-likeness (QED) is 0.589. The number of aryl methyl sites for hydroxylation is 1. The number of benzene rings is 1. The first-order valence-corrected chi connectivity index (χ1v) is 9.87. The van der Waals surface area contributed by atoms with Gasteiger partial charge in [0.05, 0.1) is 23.4 Å². The van der Waals surface area contributed by atoms with Crippen LogP contribution in [0.25, 0.3) is 0 Å². The van der Waals surface area contributed by atoms with E-state index in [0.717, 1.165) is 18.2 Å². The van der Waals surface area contributed by atoms with E-state index in [4.69, 9.17) is 4.74 Å². The first kappa shape index (κ1) is 23.2. The molecule has 2 aliphatic heterocycles. The SMILES string of the molecule is C[C@H]1C[C@@]2(C[C@@H](c3cn(C)nn3)N1C(=O)C(F)(F)F)OCC(=O)c1cc(C(F)(F)F)ccc12. The van der Waals surface area contributed by atoms with E-state index < -0.39 is 53.9 Å². The number of nitrogens with zero attached hydrogens (tertiary/aromatic N) is 4. The van der Waals surface area contributed by atoms with Gasteiger partial charge in [0.1, 0.15) is 12.3 Å². The van der Waals surface area contributed by atoms with Crippen LogP contribution in [0, 0.1) is 0 Å². The summed E-state index contributed by atoms with van der Waals surface area (Å²) in [7, 11) is 1.50. The van der Waals surface area contributed by atoms with Crippen molar-refractivity contribution in [1.82, 2.24) is 19.9 Å². The third-order valence-corrected chi connectivity index (χ3v) is 6.02. The maximum Gasteiger partial charge on any atom is 0.471 e. The van der Waals surface area contributed by atoms with Crippen molar-refractivity contribution < 1.29 is 40.7 Å². The summed E-state index contributed by atoms with van der Waals surface area (Å²) in [4.78, 5) is 25.3. The zero-order chi connectivity index (χ0) is 24.3. The number of carbonyl (C=O) groups is 2. The molecule has 0 unspecified atom stereocenters. The molecular formula is C20H18F6N4O3. The van der Waals surface area contributed by atoms with E-state index in [1.54, 1.807) is 0 Å². The summed E-state index contributed by atoms with van der Waals surface area (Å²) in [5.74, 6) is -2.74. The Hall–Kier alpha value is -2.96. The van der Waals surface area contributed by atoms with Crippen molar-refractivity contribution in [3.8, 4) is 0 Å². The zero-order valence-electron chi connectivity index (χ0n) is 17.4. The molecule has 2 aliphatic rings. The lowest BCUT2D eigenvalue weighted by atomic mass is 9.73. The fourth-order valence-corrected chi connectivity index (χ4v) is 4.68. The van der Waals surface area contributed by atoms with Gasteiger partial charge in [-0.2, -0.15) is 26.3 Å². The van der Waals surface area contributed by atoms with Crippen molar-refractivity contribution in [3.63, 3.8) is 0 Å². The summed E-state index contributed by atoms with van der Waals surface area (Å²) in [6.07, 6.45) is -8.88. The van der Waals surface area contributed by atoms with Crippen molar-refractivity contribution in [3.05, 3.63) is 46.8 Å². The second-order valence-corrected chi connectivity index (χ2v) is 8.26. The highest BCUT2D eigenvalue weighted by atomic mass is 19.4. The van der Waals surface area contributed by atoms with Crippen LogP contribution in [0.2, 0.25) is 0 Å². The molecule has 1 spiro atoms. The van der Waals surface area contributed by atoms with E-state index >= 15 is 0 Å². The monoisotopic (exact) mass is 476 g/mol. The zero-order valence-corrected chi connectivity index (χ0v) is 17.4. The highest BCUT2D eigenvalue weighted by Crippen LogP contribution is 2.51. The molecule has 1 aromatic heterocycles. The minimum absolute atomic E-state index is 0.0648. The number of halogens is 6. The first-order valence-electron chi connectivity index (χ1n) is 9.87. The third kappa shape index (κ3) is 3.98. The molecule has 0 radical (unpaired) electrons. The highest BCUT2D eigenvalue weighted by molar-refractivity contribution is 6.00. The van der Waals surface area contributed by atoms with Gasteiger partial charge in [0.2, 0.25) is 0 Å². The van der Waals surface area contributed by atoms with Crippen LogP contribution in [0.5, 0.6) is 0 Å². The largest absolute Gasteiger partial charge is 0.471 e. The van der Waals surface area contributed by atoms with Gasteiger partial charge in [0, 0.05) is 31.5 Å². The van der Waals surface area contributed by atoms with E-state index in [1.807, 2.05) is 0 Å². The molecule has 1 amide bonds. The van der Waals surface area contributed by atoms with Crippen LogP contribution in [0.3, 0.4) is 0 Å². The molecule has 4 rings (SSSR count). The number of hydrogen-bond acceptors (Lipinski definition) is 5. The van der Waals surface area contributed by atoms with Crippen LogP contribution >= 0.6 is 0 Å². The molecule has 1 fully saturated rings. The highest BCUT2D eigenvalue weighted by Gasteiger charge is 2.55. The number of rotatable bonds is 1. The van der Waals surface area contributed by atoms with Gasteiger partial charge in [0.15, 0.2) is 5.78 Å². The Bertz CT molecular complexity index is 1110. The smallest absolute Gasteiger partial charge is 0.362 e. The Morgan fingerprint density at radius 2 is 1.88 bits per heavy atom. The average molecular weight is 476 g/mol. The maximum atomic E-state index is 13.4. The molecule has 33 heavy (non-hydrogen) atoms. The molecule has 2 aromatic rings. The van der Waals surface area contributed by atoms with Crippen molar-refractivity contribution in [2.24, 2.45) is 7.05 Å². The summed E-state index contributed by atoms with van der Waals surface area (Å²) in [6.45, 7) is 0.846. The predicted molar refractivity (Wildman–Crippen MR) is 98.7 cm³/mol. The van der Waals surface area contributed by atoms with Crippen LogP contribution < -0.4 is 0 Å². The number of amides is 1. The Morgan fingerprint density at radius 3 is 2.45 bits per heavy atom. The molecule has 13 heteroatoms. The normalized spacial score (nSPS) is 25.9. The summed E-state index contributed by atoms with van der Waals surface area (Å²) in [6, 6.07) is 0.384. The van der Waals surface area contributed by atoms with Crippen LogP contribution in [0.1, 0.15) is 53.0 Å². The number of carbonyl (C=O) groups excluding carboxylic acids is 2. The van der Waals surface area contributed by atoms with E-state index in [1.165, 1.54) is 24.9 Å². The number of hydrogen-bond donors (Lipinski definition) is 0. The van der Waals surface area contributed by atoms with Gasteiger partial charge >= 0.3 is 18.3 Å². The lowest BCUT2D eigenvalue weighted by Gasteiger charge is -2.51. The fourth-order valence-electron chi connectivity index (χ4n) is 4.68. The average Bonchev–Trinajstić information content (AvgIpc) is 3.15. The summed E-state index contributed by atoms with van der Waals surface area (Å²) < 4.78 is 86.8. The van der Waals surface area contributed by atoms with Crippen LogP contribution in [-0.2, 0) is 28.4 Å². The van der Waals surface area contributed by atoms with Crippen molar-refractivity contribution in [2.45, 2.75) is 49.8 Å². The Morgan fingerprint density at radius 1 is 1.18 bits per heavy atom. The predicted octanol–water partition coefficient (Wildman–Crippen LogP) is 3.56. The molecule has 3 atom stereocenters. The topological polar surface area (TPSA) is 77.3 Å². The molecule has 178 valence electrons. The Balaban J connectivity index is 1.83. The van der Waals surface area contributed by atoms with E-state index in [9.17, 15) is 35.9 Å². The van der Waals surface area contributed by atoms with Crippen LogP contribution in [0.15, 0.2) is 24.4 Å². The van der Waals surface area contributed by atoms with Gasteiger partial charge in [-0.25, -0.2) is 0 Å². The second kappa shape index (κ2) is 7.54. The molecule has 0 aliphatic carbocycles. The molecule has 7 nitrogen and oxygen atoms in total. The van der Waals surface area contributed by atoms with Crippen LogP contribution in [-0.4, -0.2) is 50.4 Å². The van der Waals surface area contributed by atoms with Crippen LogP contribution in [0.4, 0.5) is 26.3 Å². The Kier molecular flexibility index (Phi) is 5.30. The van der Waals surface area contributed by atoms with Gasteiger partial charge in [-0.05, 0) is 24.6 Å². The number of aromatic nitrogens is 3. The lowest BCUT2D eigenvalue weighted by Crippen LogP contribution is -2.57. The van der Waals surface area contributed by atoms with Gasteiger partial charge < -0.3 is 9.64 Å². The summed E-state index contributed by atoms with van der Waals surface area (Å²) in [5.41, 5.74) is -2.40. The first-order chi connectivity index (χ1) is 15.2. The third-order valence-electron chi connectivity index (χ3n) is 6.02. The molecule has 1 saturated heterocycles. The van der Waals surface area contributed by atoms with Crippen molar-refractivity contribution >= 4 is 11.7 Å². The maximum absolute atomic E-state index is 13.4. The van der Waals surface area contributed by atoms with Gasteiger partial charge in [-0.3, -0.25) is 14.3 Å². The minimum Gasteiger partial charge on any atom is -0.362 e. The van der Waals surface area contributed by atoms with Crippen molar-refractivity contribution in [1.29, 1.82) is 0 Å². The lowest BCUT2D eigenvalue weighted by molar-refractivity contribution is -0.200. The number of Topliss-reactive ketones (excluding diaryl/α,β-unsaturated/α-hetero) is 1. The number of alkyl halides is 6. The number of fused-ring (bicyclic) bond motifs is 2. The van der Waals surface area contributed by atoms with Gasteiger partial charge in [0.25, 0.3) is 0 Å². The molecule has 0 bridgehead atoms. The number of likely N-dealkylation sites (tertiary alicyclic amines) is 1. The number of ether oxygens (including phenoxy) is 1. The van der Waals surface area contributed by atoms with Crippen molar-refractivity contribution in [2.75, 3.05) is 6.61 Å². The standard InChI is InChI=1S/C20H18F6N4O3/c1-10-6-18(13-4-3-11(19(21,22)23)5-12(13)16(31)9-33-18)7-15(14-8-29(2)28-27-14)30(10)17(32)20(24,25)26/h3-5,8,10,15H,6-7,9H2,1-2H3/t10-,15-,18-/m0/s1. The molecule has 0 N–H and O–H groups in total. The molecule has 3 heterocycles. The Labute approximate surface area is 183 Å². The van der Waals surface area contributed by atoms with E-state index in [0.29, 0.717) is 4.90 Å². The van der Waals surface area contributed by atoms with Gasteiger partial charge in [-0.1, -0.05) is 11.3 Å². The minimum atomic E-state index is -5.15.